The predicted octanol–water partition coefficient (Wildman–Crippen LogP) is 2.24. The minimum absolute atomic E-state index is 0.118. The molecule has 1 N–H and O–H groups in total. The molecule has 1 aromatic heterocycles. The highest BCUT2D eigenvalue weighted by Gasteiger charge is 2.33. The number of aryl methyl sites for hydroxylation is 1. The molecule has 3 rings (SSSR count). The molecule has 1 aromatic rings. The van der Waals surface area contributed by atoms with Crippen LogP contribution in [0.25, 0.3) is 0 Å². The predicted molar refractivity (Wildman–Crippen MR) is 84.0 cm³/mol. The van der Waals surface area contributed by atoms with Gasteiger partial charge in [0, 0.05) is 10.9 Å². The molecular formula is C15H23N3O2S. The number of likely N-dealkylation sites (tertiary alicyclic amines) is 1. The molecule has 21 heavy (non-hydrogen) atoms. The highest BCUT2D eigenvalue weighted by Crippen LogP contribution is 2.39. The standard InChI is InChI=1S/C15H23N3O2S/c1-3-20-14(19)11-4-5-12-13(11)17-15(21-12)16-10-6-8-18(2)9-7-10/h10-11H,3-9H2,1-2H3,(H,16,17). The number of hydrogen-bond acceptors (Lipinski definition) is 6. The average molecular weight is 309 g/mol. The van der Waals surface area contributed by atoms with Crippen molar-refractivity contribution in [1.82, 2.24) is 9.88 Å². The van der Waals surface area contributed by atoms with Crippen LogP contribution in [0.5, 0.6) is 0 Å². The third-order valence-corrected chi connectivity index (χ3v) is 5.40. The Morgan fingerprint density at radius 1 is 1.43 bits per heavy atom. The lowest BCUT2D eigenvalue weighted by molar-refractivity contribution is -0.145. The number of fused-ring (bicyclic) bond motifs is 1. The van der Waals surface area contributed by atoms with Gasteiger partial charge < -0.3 is 15.0 Å². The van der Waals surface area contributed by atoms with Gasteiger partial charge in [0.25, 0.3) is 0 Å². The number of hydrogen-bond donors (Lipinski definition) is 1. The first-order valence-electron chi connectivity index (χ1n) is 7.78. The third kappa shape index (κ3) is 3.21. The van der Waals surface area contributed by atoms with Crippen LogP contribution in [0.4, 0.5) is 5.13 Å². The average Bonchev–Trinajstić information content (AvgIpc) is 3.01. The Bertz CT molecular complexity index is 509. The van der Waals surface area contributed by atoms with Crippen molar-refractivity contribution in [3.63, 3.8) is 0 Å². The Morgan fingerprint density at radius 3 is 2.90 bits per heavy atom. The van der Waals surface area contributed by atoms with E-state index in [9.17, 15) is 4.79 Å². The maximum absolute atomic E-state index is 12.0. The maximum Gasteiger partial charge on any atom is 0.315 e. The summed E-state index contributed by atoms with van der Waals surface area (Å²) in [5.74, 6) is -0.267. The van der Waals surface area contributed by atoms with Crippen LogP contribution in [-0.4, -0.2) is 48.6 Å². The van der Waals surface area contributed by atoms with Crippen molar-refractivity contribution in [3.8, 4) is 0 Å². The summed E-state index contributed by atoms with van der Waals surface area (Å²) in [6, 6.07) is 0.508. The summed E-state index contributed by atoms with van der Waals surface area (Å²) in [6.07, 6.45) is 4.11. The van der Waals surface area contributed by atoms with Crippen LogP contribution in [0.15, 0.2) is 0 Å². The number of anilines is 1. The first-order chi connectivity index (χ1) is 10.2. The smallest absolute Gasteiger partial charge is 0.315 e. The summed E-state index contributed by atoms with van der Waals surface area (Å²) in [5, 5.41) is 4.53. The number of ether oxygens (including phenoxy) is 1. The van der Waals surface area contributed by atoms with Gasteiger partial charge in [-0.1, -0.05) is 0 Å². The highest BCUT2D eigenvalue weighted by atomic mass is 32.1. The molecule has 1 aliphatic heterocycles. The molecule has 1 fully saturated rings. The van der Waals surface area contributed by atoms with Crippen molar-refractivity contribution in [1.29, 1.82) is 0 Å². The number of aromatic nitrogens is 1. The molecule has 0 saturated carbocycles. The summed E-state index contributed by atoms with van der Waals surface area (Å²) in [6.45, 7) is 4.56. The maximum atomic E-state index is 12.0. The lowest BCUT2D eigenvalue weighted by atomic mass is 10.1. The van der Waals surface area contributed by atoms with Crippen molar-refractivity contribution in [2.24, 2.45) is 0 Å². The zero-order valence-electron chi connectivity index (χ0n) is 12.7. The van der Waals surface area contributed by atoms with E-state index in [1.54, 1.807) is 11.3 Å². The number of thiazole rings is 1. The van der Waals surface area contributed by atoms with Crippen LogP contribution in [0.2, 0.25) is 0 Å². The lowest BCUT2D eigenvalue weighted by Gasteiger charge is -2.29. The van der Waals surface area contributed by atoms with Crippen molar-refractivity contribution >= 4 is 22.4 Å². The van der Waals surface area contributed by atoms with E-state index in [0.717, 1.165) is 49.6 Å². The topological polar surface area (TPSA) is 54.5 Å². The van der Waals surface area contributed by atoms with Crippen LogP contribution in [0.1, 0.15) is 42.7 Å². The number of carbonyl (C=O) groups excluding carboxylic acids is 1. The van der Waals surface area contributed by atoms with Crippen LogP contribution in [0, 0.1) is 0 Å². The van der Waals surface area contributed by atoms with Gasteiger partial charge in [0.1, 0.15) is 5.92 Å². The van der Waals surface area contributed by atoms with E-state index >= 15 is 0 Å². The fraction of sp³-hybridized carbons (Fsp3) is 0.733. The summed E-state index contributed by atoms with van der Waals surface area (Å²) in [4.78, 5) is 20.3. The van der Waals surface area contributed by atoms with Gasteiger partial charge in [-0.15, -0.1) is 11.3 Å². The van der Waals surface area contributed by atoms with Gasteiger partial charge in [-0.05, 0) is 52.7 Å². The summed E-state index contributed by atoms with van der Waals surface area (Å²) < 4.78 is 5.15. The first-order valence-corrected chi connectivity index (χ1v) is 8.60. The normalized spacial score (nSPS) is 23.0. The van der Waals surface area contributed by atoms with Crippen LogP contribution >= 0.6 is 11.3 Å². The monoisotopic (exact) mass is 309 g/mol. The van der Waals surface area contributed by atoms with Gasteiger partial charge in [-0.2, -0.15) is 0 Å². The van der Waals surface area contributed by atoms with E-state index < -0.39 is 0 Å². The molecule has 0 spiro atoms. The number of piperidine rings is 1. The molecular weight excluding hydrogens is 286 g/mol. The molecule has 2 aliphatic rings. The zero-order chi connectivity index (χ0) is 14.8. The first kappa shape index (κ1) is 14.8. The molecule has 116 valence electrons. The SMILES string of the molecule is CCOC(=O)C1CCc2sc(NC3CCN(C)CC3)nc21. The molecule has 0 bridgehead atoms. The number of rotatable bonds is 4. The van der Waals surface area contributed by atoms with Gasteiger partial charge in [0.2, 0.25) is 0 Å². The van der Waals surface area contributed by atoms with Crippen molar-refractivity contribution in [3.05, 3.63) is 10.6 Å². The number of nitrogens with one attached hydrogen (secondary N) is 1. The van der Waals surface area contributed by atoms with E-state index in [1.807, 2.05) is 6.92 Å². The van der Waals surface area contributed by atoms with Crippen molar-refractivity contribution < 1.29 is 9.53 Å². The van der Waals surface area contributed by atoms with Crippen LogP contribution in [0.3, 0.4) is 0 Å². The summed E-state index contributed by atoms with van der Waals surface area (Å²) in [7, 11) is 2.16. The van der Waals surface area contributed by atoms with E-state index in [0.29, 0.717) is 12.6 Å². The Kier molecular flexibility index (Phi) is 4.45. The van der Waals surface area contributed by atoms with Gasteiger partial charge in [0.05, 0.1) is 12.3 Å². The molecule has 6 heteroatoms. The Balaban J connectivity index is 1.65. The van der Waals surface area contributed by atoms with Crippen molar-refractivity contribution in [2.75, 3.05) is 32.1 Å². The van der Waals surface area contributed by atoms with E-state index in [2.05, 4.69) is 22.2 Å². The van der Waals surface area contributed by atoms with Gasteiger partial charge in [-0.25, -0.2) is 4.98 Å². The third-order valence-electron chi connectivity index (χ3n) is 4.33. The largest absolute Gasteiger partial charge is 0.465 e. The molecule has 0 radical (unpaired) electrons. The Morgan fingerprint density at radius 2 is 2.19 bits per heavy atom. The second-order valence-electron chi connectivity index (χ2n) is 5.89. The summed E-state index contributed by atoms with van der Waals surface area (Å²) >= 11 is 1.71. The quantitative estimate of drug-likeness (QED) is 0.865. The molecule has 1 unspecified atom stereocenters. The Hall–Kier alpha value is -1.14. The van der Waals surface area contributed by atoms with E-state index in [4.69, 9.17) is 4.74 Å². The highest BCUT2D eigenvalue weighted by molar-refractivity contribution is 7.15. The molecule has 1 saturated heterocycles. The van der Waals surface area contributed by atoms with Gasteiger partial charge in [0.15, 0.2) is 5.13 Å². The van der Waals surface area contributed by atoms with E-state index in [-0.39, 0.29) is 11.9 Å². The number of nitrogens with zero attached hydrogens (tertiary/aromatic N) is 2. The van der Waals surface area contributed by atoms with Crippen LogP contribution < -0.4 is 5.32 Å². The van der Waals surface area contributed by atoms with Crippen molar-refractivity contribution in [2.45, 2.75) is 44.6 Å². The summed E-state index contributed by atoms with van der Waals surface area (Å²) in [5.41, 5.74) is 0.953. The minimum Gasteiger partial charge on any atom is -0.465 e. The lowest BCUT2D eigenvalue weighted by Crippen LogP contribution is -2.36. The number of carbonyl (C=O) groups is 1. The molecule has 1 atom stereocenters. The van der Waals surface area contributed by atoms with E-state index in [1.165, 1.54) is 4.88 Å². The molecule has 5 nitrogen and oxygen atoms in total. The Labute approximate surface area is 129 Å². The minimum atomic E-state index is -0.149. The molecule has 2 heterocycles. The molecule has 0 amide bonds. The second-order valence-corrected chi connectivity index (χ2v) is 6.98. The van der Waals surface area contributed by atoms with Crippen LogP contribution in [-0.2, 0) is 16.0 Å². The molecule has 0 aromatic carbocycles. The number of esters is 1. The zero-order valence-corrected chi connectivity index (χ0v) is 13.5. The fourth-order valence-corrected chi connectivity index (χ4v) is 4.20. The van der Waals surface area contributed by atoms with Gasteiger partial charge in [-0.3, -0.25) is 4.79 Å². The van der Waals surface area contributed by atoms with Gasteiger partial charge >= 0.3 is 5.97 Å². The second kappa shape index (κ2) is 6.32. The molecule has 1 aliphatic carbocycles. The fourth-order valence-electron chi connectivity index (χ4n) is 3.09.